The van der Waals surface area contributed by atoms with E-state index >= 15 is 0 Å². The number of para-hydroxylation sites is 1. The molecule has 4 nitrogen and oxygen atoms in total. The summed E-state index contributed by atoms with van der Waals surface area (Å²) in [7, 11) is 1.37. The first-order chi connectivity index (χ1) is 9.93. The van der Waals surface area contributed by atoms with E-state index in [2.05, 4.69) is 5.32 Å². The van der Waals surface area contributed by atoms with Crippen molar-refractivity contribution in [2.75, 3.05) is 18.2 Å². The lowest BCUT2D eigenvalue weighted by atomic mass is 10.1. The van der Waals surface area contributed by atoms with Gasteiger partial charge in [0.1, 0.15) is 11.6 Å². The van der Waals surface area contributed by atoms with Crippen LogP contribution >= 0.6 is 0 Å². The molecule has 0 saturated heterocycles. The first kappa shape index (κ1) is 14.8. The van der Waals surface area contributed by atoms with Crippen LogP contribution in [-0.4, -0.2) is 13.0 Å². The fourth-order valence-electron chi connectivity index (χ4n) is 1.89. The lowest BCUT2D eigenvalue weighted by molar-refractivity contribution is 0.102. The maximum atomic E-state index is 13.7. The molecule has 2 aromatic rings. The van der Waals surface area contributed by atoms with Gasteiger partial charge >= 0.3 is 0 Å². The molecule has 0 bridgehead atoms. The number of hydrogen-bond donors (Lipinski definition) is 2. The molecule has 21 heavy (non-hydrogen) atoms. The molecule has 0 aliphatic carbocycles. The number of carbonyl (C=O) groups excluding carboxylic acids is 1. The van der Waals surface area contributed by atoms with Gasteiger partial charge in [-0.2, -0.15) is 0 Å². The molecular formula is C15H14F2N2O2. The molecule has 1 amide bonds. The highest BCUT2D eigenvalue weighted by molar-refractivity contribution is 6.07. The quantitative estimate of drug-likeness (QED) is 0.854. The van der Waals surface area contributed by atoms with Crippen LogP contribution in [0.2, 0.25) is 0 Å². The monoisotopic (exact) mass is 292 g/mol. The first-order valence-corrected chi connectivity index (χ1v) is 6.13. The van der Waals surface area contributed by atoms with E-state index in [1.54, 1.807) is 12.1 Å². The minimum absolute atomic E-state index is 0.137. The Kier molecular flexibility index (Phi) is 4.07. The van der Waals surface area contributed by atoms with Crippen LogP contribution in [-0.2, 0) is 0 Å². The summed E-state index contributed by atoms with van der Waals surface area (Å²) < 4.78 is 32.2. The van der Waals surface area contributed by atoms with Crippen LogP contribution in [0.1, 0.15) is 15.9 Å². The molecule has 0 heterocycles. The Hall–Kier alpha value is -2.63. The van der Waals surface area contributed by atoms with Crippen LogP contribution in [0.5, 0.6) is 5.75 Å². The van der Waals surface area contributed by atoms with Gasteiger partial charge in [0, 0.05) is 6.07 Å². The number of nitrogen functional groups attached to an aromatic ring is 1. The van der Waals surface area contributed by atoms with Crippen molar-refractivity contribution in [3.05, 3.63) is 53.1 Å². The fraction of sp³-hybridized carbons (Fsp3) is 0.133. The van der Waals surface area contributed by atoms with E-state index in [0.29, 0.717) is 0 Å². The lowest BCUT2D eigenvalue weighted by Gasteiger charge is -2.12. The van der Waals surface area contributed by atoms with Gasteiger partial charge in [0.25, 0.3) is 5.91 Å². The summed E-state index contributed by atoms with van der Waals surface area (Å²) in [5, 5.41) is 2.31. The standard InChI is InChI=1S/C15H14F2N2O2/c1-8-6-11(17)13(7-10(8)16)19-15(20)9-4-3-5-12(18)14(9)21-2/h3-7H,18H2,1-2H3,(H,19,20). The fourth-order valence-corrected chi connectivity index (χ4v) is 1.89. The van der Waals surface area contributed by atoms with Crippen LogP contribution in [0.3, 0.4) is 0 Å². The normalized spacial score (nSPS) is 10.3. The van der Waals surface area contributed by atoms with Crippen LogP contribution in [0.25, 0.3) is 0 Å². The number of nitrogens with two attached hydrogens (primary N) is 1. The van der Waals surface area contributed by atoms with Crippen LogP contribution < -0.4 is 15.8 Å². The third-order valence-electron chi connectivity index (χ3n) is 2.99. The zero-order valence-corrected chi connectivity index (χ0v) is 11.5. The van der Waals surface area contributed by atoms with Gasteiger partial charge in [-0.1, -0.05) is 6.07 Å². The largest absolute Gasteiger partial charge is 0.494 e. The SMILES string of the molecule is COc1c(N)cccc1C(=O)Nc1cc(F)c(C)cc1F. The summed E-state index contributed by atoms with van der Waals surface area (Å²) in [6.45, 7) is 1.44. The minimum atomic E-state index is -0.717. The molecule has 0 atom stereocenters. The number of nitrogens with one attached hydrogen (secondary N) is 1. The van der Waals surface area contributed by atoms with E-state index < -0.39 is 17.5 Å². The van der Waals surface area contributed by atoms with Crippen molar-refractivity contribution < 1.29 is 18.3 Å². The zero-order chi connectivity index (χ0) is 15.6. The van der Waals surface area contributed by atoms with E-state index in [4.69, 9.17) is 10.5 Å². The second kappa shape index (κ2) is 5.78. The van der Waals surface area contributed by atoms with E-state index in [1.165, 1.54) is 20.1 Å². The summed E-state index contributed by atoms with van der Waals surface area (Å²) in [6, 6.07) is 6.57. The van der Waals surface area contributed by atoms with Crippen molar-refractivity contribution in [2.45, 2.75) is 6.92 Å². The summed E-state index contributed by atoms with van der Waals surface area (Å²) in [6.07, 6.45) is 0. The van der Waals surface area contributed by atoms with Gasteiger partial charge in [-0.05, 0) is 30.7 Å². The molecule has 0 fully saturated rings. The van der Waals surface area contributed by atoms with Gasteiger partial charge in [0.15, 0.2) is 5.75 Å². The van der Waals surface area contributed by atoms with E-state index in [1.807, 2.05) is 0 Å². The number of carbonyl (C=O) groups is 1. The van der Waals surface area contributed by atoms with E-state index in [-0.39, 0.29) is 28.3 Å². The Bertz CT molecular complexity index is 702. The molecule has 0 saturated carbocycles. The third kappa shape index (κ3) is 2.94. The van der Waals surface area contributed by atoms with Gasteiger partial charge in [-0.15, -0.1) is 0 Å². The van der Waals surface area contributed by atoms with Crippen molar-refractivity contribution in [1.29, 1.82) is 0 Å². The van der Waals surface area contributed by atoms with Gasteiger partial charge in [-0.25, -0.2) is 8.78 Å². The molecule has 0 aliphatic heterocycles. The summed E-state index contributed by atoms with van der Waals surface area (Å²) in [4.78, 5) is 12.2. The molecule has 2 aromatic carbocycles. The maximum absolute atomic E-state index is 13.7. The Morgan fingerprint density at radius 2 is 1.95 bits per heavy atom. The van der Waals surface area contributed by atoms with Crippen molar-refractivity contribution in [1.82, 2.24) is 0 Å². The van der Waals surface area contributed by atoms with E-state index in [0.717, 1.165) is 12.1 Å². The maximum Gasteiger partial charge on any atom is 0.259 e. The predicted octanol–water partition coefficient (Wildman–Crippen LogP) is 3.12. The van der Waals surface area contributed by atoms with Crippen molar-refractivity contribution in [3.8, 4) is 5.75 Å². The summed E-state index contributed by atoms with van der Waals surface area (Å²) in [5.74, 6) is -1.78. The average Bonchev–Trinajstić information content (AvgIpc) is 2.44. The number of aryl methyl sites for hydroxylation is 1. The number of amides is 1. The number of rotatable bonds is 3. The van der Waals surface area contributed by atoms with Crippen molar-refractivity contribution >= 4 is 17.3 Å². The van der Waals surface area contributed by atoms with Crippen molar-refractivity contribution in [3.63, 3.8) is 0 Å². The number of ether oxygens (including phenoxy) is 1. The Morgan fingerprint density at radius 3 is 2.62 bits per heavy atom. The highest BCUT2D eigenvalue weighted by Gasteiger charge is 2.17. The second-order valence-corrected chi connectivity index (χ2v) is 4.46. The summed E-state index contributed by atoms with van der Waals surface area (Å²) >= 11 is 0. The Balaban J connectivity index is 2.35. The lowest BCUT2D eigenvalue weighted by Crippen LogP contribution is -2.15. The molecule has 3 N–H and O–H groups in total. The summed E-state index contributed by atoms with van der Waals surface area (Å²) in [5.41, 5.74) is 6.03. The number of halogens is 2. The highest BCUT2D eigenvalue weighted by Crippen LogP contribution is 2.27. The molecule has 110 valence electrons. The predicted molar refractivity (Wildman–Crippen MR) is 76.5 cm³/mol. The number of hydrogen-bond acceptors (Lipinski definition) is 3. The van der Waals surface area contributed by atoms with Crippen LogP contribution in [0.4, 0.5) is 20.2 Å². The Morgan fingerprint density at radius 1 is 1.24 bits per heavy atom. The van der Waals surface area contributed by atoms with Gasteiger partial charge in [0.05, 0.1) is 24.0 Å². The average molecular weight is 292 g/mol. The van der Waals surface area contributed by atoms with Crippen molar-refractivity contribution in [2.24, 2.45) is 0 Å². The zero-order valence-electron chi connectivity index (χ0n) is 11.5. The molecule has 0 aliphatic rings. The molecule has 0 radical (unpaired) electrons. The molecule has 2 rings (SSSR count). The number of methoxy groups -OCH3 is 1. The van der Waals surface area contributed by atoms with Gasteiger partial charge in [-0.3, -0.25) is 4.79 Å². The molecular weight excluding hydrogens is 278 g/mol. The third-order valence-corrected chi connectivity index (χ3v) is 2.99. The molecule has 0 unspecified atom stereocenters. The van der Waals surface area contributed by atoms with Gasteiger partial charge in [0.2, 0.25) is 0 Å². The minimum Gasteiger partial charge on any atom is -0.494 e. The van der Waals surface area contributed by atoms with Crippen LogP contribution in [0.15, 0.2) is 30.3 Å². The number of anilines is 2. The van der Waals surface area contributed by atoms with Gasteiger partial charge < -0.3 is 15.8 Å². The van der Waals surface area contributed by atoms with E-state index in [9.17, 15) is 13.6 Å². The highest BCUT2D eigenvalue weighted by atomic mass is 19.1. The van der Waals surface area contributed by atoms with Crippen LogP contribution in [0, 0.1) is 18.6 Å². The molecule has 6 heteroatoms. The topological polar surface area (TPSA) is 64.3 Å². The molecule has 0 aromatic heterocycles. The number of benzene rings is 2. The second-order valence-electron chi connectivity index (χ2n) is 4.46. The first-order valence-electron chi connectivity index (χ1n) is 6.13. The smallest absolute Gasteiger partial charge is 0.259 e. The Labute approximate surface area is 120 Å². The molecule has 0 spiro atoms.